The van der Waals surface area contributed by atoms with Gasteiger partial charge >= 0.3 is 5.97 Å². The smallest absolute Gasteiger partial charge is 0.337 e. The van der Waals surface area contributed by atoms with Gasteiger partial charge in [-0.1, -0.05) is 0 Å². The van der Waals surface area contributed by atoms with Gasteiger partial charge in [0.1, 0.15) is 0 Å². The lowest BCUT2D eigenvalue weighted by molar-refractivity contribution is -0.129. The van der Waals surface area contributed by atoms with Crippen LogP contribution in [0.1, 0.15) is 47.7 Å². The summed E-state index contributed by atoms with van der Waals surface area (Å²) in [4.78, 5) is 37.7. The van der Waals surface area contributed by atoms with E-state index >= 15 is 0 Å². The van der Waals surface area contributed by atoms with Crippen molar-refractivity contribution in [3.05, 3.63) is 41.6 Å². The first kappa shape index (κ1) is 16.0. The van der Waals surface area contributed by atoms with Gasteiger partial charge in [0, 0.05) is 37.1 Å². The van der Waals surface area contributed by atoms with Gasteiger partial charge in [0.25, 0.3) is 0 Å². The first-order valence-electron chi connectivity index (χ1n) is 7.77. The summed E-state index contributed by atoms with van der Waals surface area (Å²) in [7, 11) is 0. The first-order chi connectivity index (χ1) is 11.5. The fourth-order valence-corrected chi connectivity index (χ4v) is 3.00. The summed E-state index contributed by atoms with van der Waals surface area (Å²) in [6.45, 7) is 4.12. The monoisotopic (exact) mass is 326 g/mol. The summed E-state index contributed by atoms with van der Waals surface area (Å²) in [5.41, 5.74) is 2.11. The summed E-state index contributed by atoms with van der Waals surface area (Å²) in [5, 5.41) is 9.12. The molecule has 1 atom stereocenters. The molecule has 124 valence electrons. The molecule has 1 fully saturated rings. The Labute approximate surface area is 139 Å². The number of carbonyl (C=O) groups excluding carboxylic acids is 1. The highest BCUT2D eigenvalue weighted by molar-refractivity contribution is 5.88. The van der Waals surface area contributed by atoms with Crippen molar-refractivity contribution in [2.24, 2.45) is 0 Å². The number of carboxylic acids is 1. The van der Waals surface area contributed by atoms with Crippen LogP contribution in [-0.2, 0) is 4.79 Å². The van der Waals surface area contributed by atoms with E-state index < -0.39 is 5.97 Å². The molecule has 1 amide bonds. The molecule has 0 aromatic carbocycles. The van der Waals surface area contributed by atoms with Gasteiger partial charge < -0.3 is 10.0 Å². The molecular weight excluding hydrogens is 308 g/mol. The average Bonchev–Trinajstić information content (AvgIpc) is 3.04. The molecule has 3 rings (SSSR count). The van der Waals surface area contributed by atoms with Crippen molar-refractivity contribution in [1.82, 2.24) is 19.9 Å². The zero-order valence-corrected chi connectivity index (χ0v) is 13.6. The predicted molar refractivity (Wildman–Crippen MR) is 86.3 cm³/mol. The average molecular weight is 326 g/mol. The van der Waals surface area contributed by atoms with Gasteiger partial charge in [-0.2, -0.15) is 0 Å². The number of aromatic nitrogens is 3. The van der Waals surface area contributed by atoms with Crippen LogP contribution in [0.15, 0.2) is 24.5 Å². The van der Waals surface area contributed by atoms with Crippen molar-refractivity contribution in [1.29, 1.82) is 0 Å². The number of carboxylic acid groups (broad SMARTS) is 1. The minimum Gasteiger partial charge on any atom is -0.478 e. The highest BCUT2D eigenvalue weighted by Gasteiger charge is 2.30. The van der Waals surface area contributed by atoms with Crippen molar-refractivity contribution in [3.63, 3.8) is 0 Å². The molecule has 1 aliphatic heterocycles. The van der Waals surface area contributed by atoms with Crippen LogP contribution in [0.2, 0.25) is 0 Å². The Bertz CT molecular complexity index is 806. The third kappa shape index (κ3) is 3.10. The van der Waals surface area contributed by atoms with E-state index in [1.807, 2.05) is 6.92 Å². The summed E-state index contributed by atoms with van der Waals surface area (Å²) in [6.07, 6.45) is 4.63. The Morgan fingerprint density at radius 1 is 1.25 bits per heavy atom. The van der Waals surface area contributed by atoms with Crippen molar-refractivity contribution in [2.45, 2.75) is 32.7 Å². The minimum absolute atomic E-state index is 0.0127. The summed E-state index contributed by atoms with van der Waals surface area (Å²) in [6, 6.07) is 3.20. The highest BCUT2D eigenvalue weighted by Crippen LogP contribution is 2.31. The lowest BCUT2D eigenvalue weighted by Gasteiger charge is -2.22. The van der Waals surface area contributed by atoms with Gasteiger partial charge in [-0.25, -0.2) is 14.8 Å². The minimum atomic E-state index is -1.03. The SMILES string of the molecule is CC(=O)N1CCC[C@H]1c1nc(C)cc(-c2cncc(C(=O)O)c2)n1. The Morgan fingerprint density at radius 2 is 2.04 bits per heavy atom. The van der Waals surface area contributed by atoms with Gasteiger partial charge in [-0.15, -0.1) is 0 Å². The molecule has 7 heteroatoms. The Kier molecular flexibility index (Phi) is 4.24. The van der Waals surface area contributed by atoms with Gasteiger partial charge in [0.05, 0.1) is 17.3 Å². The lowest BCUT2D eigenvalue weighted by atomic mass is 10.1. The molecule has 0 spiro atoms. The van der Waals surface area contributed by atoms with Crippen LogP contribution in [0.25, 0.3) is 11.3 Å². The van der Waals surface area contributed by atoms with Crippen LogP contribution in [-0.4, -0.2) is 43.4 Å². The molecule has 0 bridgehead atoms. The van der Waals surface area contributed by atoms with E-state index in [0.717, 1.165) is 18.5 Å². The molecule has 0 unspecified atom stereocenters. The van der Waals surface area contributed by atoms with E-state index in [-0.39, 0.29) is 17.5 Å². The molecule has 0 aliphatic carbocycles. The molecule has 7 nitrogen and oxygen atoms in total. The number of pyridine rings is 1. The fourth-order valence-electron chi connectivity index (χ4n) is 3.00. The third-order valence-electron chi connectivity index (χ3n) is 4.11. The zero-order valence-electron chi connectivity index (χ0n) is 13.6. The van der Waals surface area contributed by atoms with Gasteiger partial charge in [-0.3, -0.25) is 9.78 Å². The third-order valence-corrected chi connectivity index (χ3v) is 4.11. The van der Waals surface area contributed by atoms with Crippen molar-refractivity contribution in [3.8, 4) is 11.3 Å². The number of aryl methyl sites for hydroxylation is 1. The second kappa shape index (κ2) is 6.35. The summed E-state index contributed by atoms with van der Waals surface area (Å²) in [5.74, 6) is -0.425. The van der Waals surface area contributed by atoms with E-state index in [4.69, 9.17) is 5.11 Å². The largest absolute Gasteiger partial charge is 0.478 e. The van der Waals surface area contributed by atoms with E-state index in [2.05, 4.69) is 15.0 Å². The molecule has 1 N–H and O–H groups in total. The van der Waals surface area contributed by atoms with E-state index in [1.54, 1.807) is 24.1 Å². The maximum atomic E-state index is 11.8. The predicted octanol–water partition coefficient (Wildman–Crippen LogP) is 2.23. The Hall–Kier alpha value is -2.83. The number of likely N-dealkylation sites (tertiary alicyclic amines) is 1. The molecule has 1 aliphatic rings. The number of nitrogens with zero attached hydrogens (tertiary/aromatic N) is 4. The van der Waals surface area contributed by atoms with Crippen LogP contribution in [0, 0.1) is 6.92 Å². The molecule has 3 heterocycles. The molecule has 2 aromatic heterocycles. The number of hydrogen-bond donors (Lipinski definition) is 1. The second-order valence-electron chi connectivity index (χ2n) is 5.89. The molecule has 0 saturated carbocycles. The van der Waals surface area contributed by atoms with Crippen LogP contribution in [0.4, 0.5) is 0 Å². The molecule has 0 radical (unpaired) electrons. The maximum absolute atomic E-state index is 11.8. The zero-order chi connectivity index (χ0) is 17.3. The van der Waals surface area contributed by atoms with E-state index in [0.29, 0.717) is 23.6 Å². The normalized spacial score (nSPS) is 17.1. The molecular formula is C17H18N4O3. The topological polar surface area (TPSA) is 96.3 Å². The molecule has 2 aromatic rings. The van der Waals surface area contributed by atoms with E-state index in [9.17, 15) is 9.59 Å². The van der Waals surface area contributed by atoms with Crippen LogP contribution >= 0.6 is 0 Å². The van der Waals surface area contributed by atoms with Crippen LogP contribution < -0.4 is 0 Å². The van der Waals surface area contributed by atoms with Crippen molar-refractivity contribution < 1.29 is 14.7 Å². The first-order valence-corrected chi connectivity index (χ1v) is 7.77. The van der Waals surface area contributed by atoms with Crippen molar-refractivity contribution in [2.75, 3.05) is 6.54 Å². The fraction of sp³-hybridized carbons (Fsp3) is 0.353. The second-order valence-corrected chi connectivity index (χ2v) is 5.89. The van der Waals surface area contributed by atoms with E-state index in [1.165, 1.54) is 12.3 Å². The molecule has 1 saturated heterocycles. The highest BCUT2D eigenvalue weighted by atomic mass is 16.4. The number of aromatic carboxylic acids is 1. The number of hydrogen-bond acceptors (Lipinski definition) is 5. The Morgan fingerprint density at radius 3 is 2.75 bits per heavy atom. The summed E-state index contributed by atoms with van der Waals surface area (Å²) >= 11 is 0. The Balaban J connectivity index is 2.02. The van der Waals surface area contributed by atoms with Crippen LogP contribution in [0.3, 0.4) is 0 Å². The van der Waals surface area contributed by atoms with Gasteiger partial charge in [-0.05, 0) is 31.9 Å². The maximum Gasteiger partial charge on any atom is 0.337 e. The molecule has 24 heavy (non-hydrogen) atoms. The summed E-state index contributed by atoms with van der Waals surface area (Å²) < 4.78 is 0. The van der Waals surface area contributed by atoms with Crippen molar-refractivity contribution >= 4 is 11.9 Å². The van der Waals surface area contributed by atoms with Crippen LogP contribution in [0.5, 0.6) is 0 Å². The van der Waals surface area contributed by atoms with Gasteiger partial charge in [0.15, 0.2) is 5.82 Å². The number of amides is 1. The van der Waals surface area contributed by atoms with Gasteiger partial charge in [0.2, 0.25) is 5.91 Å². The lowest BCUT2D eigenvalue weighted by Crippen LogP contribution is -2.29. The number of rotatable bonds is 3. The quantitative estimate of drug-likeness (QED) is 0.929. The number of carbonyl (C=O) groups is 2. The standard InChI is InChI=1S/C17H18N4O3/c1-10-6-14(12-7-13(17(23)24)9-18-8-12)20-16(19-10)15-4-3-5-21(15)11(2)22/h6-9,15H,3-5H2,1-2H3,(H,23,24)/t15-/m0/s1.